The second-order valence-corrected chi connectivity index (χ2v) is 11.1. The van der Waals surface area contributed by atoms with E-state index < -0.39 is 11.2 Å². The number of nitrogens with two attached hydrogens (primary N) is 1. The number of pyridine rings is 1. The molecule has 5 rings (SSSR count). The largest absolute Gasteiger partial charge is 0.611 e. The molecule has 0 amide bonds. The van der Waals surface area contributed by atoms with Gasteiger partial charge in [-0.2, -0.15) is 0 Å². The van der Waals surface area contributed by atoms with Gasteiger partial charge in [0.05, 0.1) is 12.3 Å². The maximum Gasteiger partial charge on any atom is 0.232 e. The van der Waals surface area contributed by atoms with E-state index in [-0.39, 0.29) is 11.9 Å². The van der Waals surface area contributed by atoms with Gasteiger partial charge in [0.15, 0.2) is 0 Å². The van der Waals surface area contributed by atoms with E-state index in [2.05, 4.69) is 9.97 Å². The van der Waals surface area contributed by atoms with E-state index in [0.29, 0.717) is 18.2 Å². The molecule has 0 bridgehead atoms. The maximum absolute atomic E-state index is 13.1. The number of fused-ring (bicyclic) bond motifs is 1. The number of likely N-dealkylation sites (N-methyl/N-ethyl adjacent to an activating group) is 1. The van der Waals surface area contributed by atoms with Gasteiger partial charge >= 0.3 is 0 Å². The minimum Gasteiger partial charge on any atom is -0.611 e. The standard InChI is InChI=1S/C24H25N5O2S2/c1-29(10-11-30)24-26-13-16(14-27-24)19-12-18(15-6-3-2-4-7-15)20-21(25)23(32-22(20)28-19)33(31)17-8-5-9-17/h2-4,6-7,12-14,17,30H,5,8-11,25H2,1H3. The molecule has 1 saturated carbocycles. The third-order valence-electron chi connectivity index (χ3n) is 6.00. The molecule has 3 heterocycles. The Balaban J connectivity index is 1.63. The number of nitrogens with zero attached hydrogens (tertiary/aromatic N) is 4. The zero-order valence-corrected chi connectivity index (χ0v) is 19.9. The molecule has 1 aliphatic rings. The van der Waals surface area contributed by atoms with E-state index in [9.17, 15) is 4.55 Å². The maximum atomic E-state index is 13.1. The van der Waals surface area contributed by atoms with Crippen LogP contribution >= 0.6 is 11.3 Å². The molecule has 4 aromatic rings. The Morgan fingerprint density at radius 2 is 1.91 bits per heavy atom. The van der Waals surface area contributed by atoms with Crippen LogP contribution in [-0.2, 0) is 11.2 Å². The second-order valence-electron chi connectivity index (χ2n) is 8.17. The Morgan fingerprint density at radius 1 is 1.18 bits per heavy atom. The van der Waals surface area contributed by atoms with Crippen molar-refractivity contribution in [3.05, 3.63) is 48.8 Å². The highest BCUT2D eigenvalue weighted by Crippen LogP contribution is 2.45. The average molecular weight is 480 g/mol. The first kappa shape index (κ1) is 22.1. The molecule has 1 aromatic carbocycles. The zero-order chi connectivity index (χ0) is 22.9. The number of rotatable bonds is 7. The van der Waals surface area contributed by atoms with Crippen molar-refractivity contribution in [2.24, 2.45) is 0 Å². The van der Waals surface area contributed by atoms with Gasteiger partial charge in [-0.15, -0.1) is 0 Å². The van der Waals surface area contributed by atoms with Crippen molar-refractivity contribution in [1.29, 1.82) is 0 Å². The number of hydrogen-bond donors (Lipinski definition) is 2. The van der Waals surface area contributed by atoms with Crippen LogP contribution in [0.3, 0.4) is 0 Å². The summed E-state index contributed by atoms with van der Waals surface area (Å²) in [5, 5.41) is 10.2. The summed E-state index contributed by atoms with van der Waals surface area (Å²) in [6.45, 7) is 0.488. The normalized spacial score (nSPS) is 14.9. The SMILES string of the molecule is CN(CCO)c1ncc(-c2cc(-c3ccccc3)c3c(N)c([S+]([O-])C4CCC4)sc3n2)cn1. The molecule has 0 radical (unpaired) electrons. The van der Waals surface area contributed by atoms with Crippen LogP contribution in [0.5, 0.6) is 0 Å². The summed E-state index contributed by atoms with van der Waals surface area (Å²) in [6, 6.07) is 12.1. The van der Waals surface area contributed by atoms with E-state index in [1.807, 2.05) is 43.4 Å². The fourth-order valence-electron chi connectivity index (χ4n) is 3.88. The van der Waals surface area contributed by atoms with Crippen LogP contribution in [0.25, 0.3) is 32.6 Å². The number of aliphatic hydroxyl groups excluding tert-OH is 1. The third kappa shape index (κ3) is 4.17. The number of benzene rings is 1. The molecule has 7 nitrogen and oxygen atoms in total. The van der Waals surface area contributed by atoms with E-state index in [1.54, 1.807) is 17.3 Å². The highest BCUT2D eigenvalue weighted by Gasteiger charge is 2.35. The van der Waals surface area contributed by atoms with Gasteiger partial charge in [-0.25, -0.2) is 15.0 Å². The van der Waals surface area contributed by atoms with Crippen molar-refractivity contribution in [3.8, 4) is 22.4 Å². The van der Waals surface area contributed by atoms with Crippen LogP contribution in [0.4, 0.5) is 11.6 Å². The summed E-state index contributed by atoms with van der Waals surface area (Å²) in [7, 11) is 1.83. The number of hydrogen-bond acceptors (Lipinski definition) is 8. The fraction of sp³-hybridized carbons (Fsp3) is 0.292. The van der Waals surface area contributed by atoms with E-state index >= 15 is 0 Å². The quantitative estimate of drug-likeness (QED) is 0.384. The Hall–Kier alpha value is -2.72. The van der Waals surface area contributed by atoms with Crippen molar-refractivity contribution in [1.82, 2.24) is 15.0 Å². The lowest BCUT2D eigenvalue weighted by molar-refractivity contribution is 0.303. The summed E-state index contributed by atoms with van der Waals surface area (Å²) in [5.74, 6) is 0.538. The van der Waals surface area contributed by atoms with Crippen LogP contribution in [0.2, 0.25) is 0 Å². The van der Waals surface area contributed by atoms with E-state index in [1.165, 1.54) is 11.3 Å². The highest BCUT2D eigenvalue weighted by molar-refractivity contribution is 7.94. The molecule has 9 heteroatoms. The molecule has 3 N–H and O–H groups in total. The minimum atomic E-state index is -1.11. The lowest BCUT2D eigenvalue weighted by atomic mass is 10.00. The van der Waals surface area contributed by atoms with Crippen molar-refractivity contribution in [3.63, 3.8) is 0 Å². The highest BCUT2D eigenvalue weighted by atomic mass is 32.2. The van der Waals surface area contributed by atoms with Crippen molar-refractivity contribution in [2.45, 2.75) is 28.7 Å². The van der Waals surface area contributed by atoms with Gasteiger partial charge in [-0.3, -0.25) is 0 Å². The van der Waals surface area contributed by atoms with Gasteiger partial charge in [0.1, 0.15) is 15.8 Å². The van der Waals surface area contributed by atoms with E-state index in [4.69, 9.17) is 15.8 Å². The summed E-state index contributed by atoms with van der Waals surface area (Å²) in [5.41, 5.74) is 10.7. The fourth-order valence-corrected chi connectivity index (χ4v) is 7.09. The van der Waals surface area contributed by atoms with Gasteiger partial charge in [0, 0.05) is 48.1 Å². The van der Waals surface area contributed by atoms with Crippen molar-refractivity contribution < 1.29 is 9.66 Å². The van der Waals surface area contributed by atoms with Gasteiger partial charge in [0.2, 0.25) is 10.2 Å². The summed E-state index contributed by atoms with van der Waals surface area (Å²) >= 11 is 0.320. The van der Waals surface area contributed by atoms with Gasteiger partial charge in [0.25, 0.3) is 0 Å². The average Bonchev–Trinajstić information content (AvgIpc) is 3.14. The van der Waals surface area contributed by atoms with Gasteiger partial charge < -0.3 is 20.3 Å². The molecular weight excluding hydrogens is 454 g/mol. The predicted molar refractivity (Wildman–Crippen MR) is 135 cm³/mol. The van der Waals surface area contributed by atoms with Crippen molar-refractivity contribution >= 4 is 44.4 Å². The molecule has 3 aromatic heterocycles. The summed E-state index contributed by atoms with van der Waals surface area (Å²) in [4.78, 5) is 16.3. The first-order valence-corrected chi connectivity index (χ1v) is 12.9. The molecule has 170 valence electrons. The molecule has 0 aliphatic heterocycles. The zero-order valence-electron chi connectivity index (χ0n) is 18.3. The smallest absolute Gasteiger partial charge is 0.232 e. The van der Waals surface area contributed by atoms with Crippen LogP contribution in [0.15, 0.2) is 53.0 Å². The topological polar surface area (TPSA) is 111 Å². The Labute approximate surface area is 199 Å². The van der Waals surface area contributed by atoms with Crippen molar-refractivity contribution in [2.75, 3.05) is 30.8 Å². The third-order valence-corrected chi connectivity index (χ3v) is 9.30. The molecule has 0 saturated heterocycles. The summed E-state index contributed by atoms with van der Waals surface area (Å²) in [6.07, 6.45) is 6.58. The van der Waals surface area contributed by atoms with Crippen LogP contribution in [0, 0.1) is 0 Å². The first-order valence-electron chi connectivity index (χ1n) is 10.9. The lowest BCUT2D eigenvalue weighted by Crippen LogP contribution is -2.28. The molecule has 1 aliphatic carbocycles. The van der Waals surface area contributed by atoms with Gasteiger partial charge in [-0.05, 0) is 36.5 Å². The second kappa shape index (κ2) is 9.26. The van der Waals surface area contributed by atoms with Crippen LogP contribution in [0.1, 0.15) is 19.3 Å². The number of thiophene rings is 1. The molecule has 1 atom stereocenters. The number of aromatic nitrogens is 3. The lowest BCUT2D eigenvalue weighted by Gasteiger charge is -2.27. The van der Waals surface area contributed by atoms with Gasteiger partial charge in [-0.1, -0.05) is 41.7 Å². The number of anilines is 2. The van der Waals surface area contributed by atoms with Crippen LogP contribution in [-0.4, -0.2) is 50.1 Å². The predicted octanol–water partition coefficient (Wildman–Crippen LogP) is 4.09. The van der Waals surface area contributed by atoms with Crippen LogP contribution < -0.4 is 10.6 Å². The van der Waals surface area contributed by atoms with E-state index in [0.717, 1.165) is 56.1 Å². The Bertz CT molecular complexity index is 1260. The number of aliphatic hydroxyl groups is 1. The summed E-state index contributed by atoms with van der Waals surface area (Å²) < 4.78 is 13.9. The molecular formula is C24H25N5O2S2. The molecule has 0 spiro atoms. The number of nitrogen functional groups attached to an aromatic ring is 1. The molecule has 1 fully saturated rings. The minimum absolute atomic E-state index is 0.0324. The molecule has 33 heavy (non-hydrogen) atoms. The Kier molecular flexibility index (Phi) is 6.20. The monoisotopic (exact) mass is 479 g/mol. The molecule has 1 unspecified atom stereocenters. The first-order chi connectivity index (χ1) is 16.1. The Morgan fingerprint density at radius 3 is 2.55 bits per heavy atom.